The zero-order valence-corrected chi connectivity index (χ0v) is 23.4. The number of ether oxygens (including phenoxy) is 5. The van der Waals surface area contributed by atoms with E-state index < -0.39 is 18.7 Å². The predicted octanol–water partition coefficient (Wildman–Crippen LogP) is 6.15. The van der Waals surface area contributed by atoms with Gasteiger partial charge in [-0.15, -0.1) is 0 Å². The summed E-state index contributed by atoms with van der Waals surface area (Å²) < 4.78 is 31.3. The van der Waals surface area contributed by atoms with Crippen molar-refractivity contribution >= 4 is 33.7 Å². The first-order chi connectivity index (χ1) is 18.8. The SMILES string of the molecule is C=C(C)C(=O)OCOn1c2ccccc2c2c(OCCC)c(OCCC)c(OC(=O)C(=C)C)c(OCCC)c21. The van der Waals surface area contributed by atoms with Crippen LogP contribution in [0.4, 0.5) is 0 Å². The van der Waals surface area contributed by atoms with E-state index in [0.717, 1.165) is 11.8 Å². The van der Waals surface area contributed by atoms with Gasteiger partial charge in [-0.3, -0.25) is 0 Å². The first-order valence-corrected chi connectivity index (χ1v) is 13.1. The number of carbonyl (C=O) groups excluding carboxylic acids is 2. The van der Waals surface area contributed by atoms with Crippen LogP contribution in [0, 0.1) is 0 Å². The number of rotatable bonds is 15. The van der Waals surface area contributed by atoms with Crippen LogP contribution in [0.3, 0.4) is 0 Å². The molecule has 0 saturated heterocycles. The molecule has 0 saturated carbocycles. The van der Waals surface area contributed by atoms with E-state index >= 15 is 0 Å². The third-order valence-electron chi connectivity index (χ3n) is 5.51. The molecule has 9 heteroatoms. The Bertz CT molecular complexity index is 1370. The summed E-state index contributed by atoms with van der Waals surface area (Å²) >= 11 is 0. The van der Waals surface area contributed by atoms with Gasteiger partial charge in [-0.25, -0.2) is 9.59 Å². The number of fused-ring (bicyclic) bond motifs is 3. The van der Waals surface area contributed by atoms with Crippen LogP contribution in [0.1, 0.15) is 53.9 Å². The Balaban J connectivity index is 2.43. The third-order valence-corrected chi connectivity index (χ3v) is 5.51. The Kier molecular flexibility index (Phi) is 10.3. The van der Waals surface area contributed by atoms with Crippen molar-refractivity contribution < 1.29 is 38.1 Å². The van der Waals surface area contributed by atoms with Gasteiger partial charge in [0, 0.05) is 16.5 Å². The highest BCUT2D eigenvalue weighted by atomic mass is 16.8. The molecule has 0 radical (unpaired) electrons. The van der Waals surface area contributed by atoms with Gasteiger partial charge in [0.25, 0.3) is 6.79 Å². The Hall–Kier alpha value is -4.14. The van der Waals surface area contributed by atoms with Crippen molar-refractivity contribution in [3.05, 3.63) is 48.6 Å². The highest BCUT2D eigenvalue weighted by Gasteiger charge is 2.32. The van der Waals surface area contributed by atoms with Gasteiger partial charge in [0.1, 0.15) is 5.52 Å². The van der Waals surface area contributed by atoms with Crippen LogP contribution < -0.4 is 23.8 Å². The monoisotopic (exact) mass is 539 g/mol. The zero-order valence-electron chi connectivity index (χ0n) is 23.4. The summed E-state index contributed by atoms with van der Waals surface area (Å²) in [6.07, 6.45) is 2.13. The van der Waals surface area contributed by atoms with Crippen LogP contribution in [0.25, 0.3) is 21.8 Å². The average molecular weight is 540 g/mol. The molecule has 3 rings (SSSR count). The second kappa shape index (κ2) is 13.6. The molecule has 0 fully saturated rings. The molecule has 0 bridgehead atoms. The molecule has 0 aliphatic rings. The van der Waals surface area contributed by atoms with Gasteiger partial charge < -0.3 is 28.5 Å². The number of esters is 2. The predicted molar refractivity (Wildman–Crippen MR) is 150 cm³/mol. The summed E-state index contributed by atoms with van der Waals surface area (Å²) in [6.45, 7) is 17.0. The quantitative estimate of drug-likeness (QED) is 0.0983. The fourth-order valence-electron chi connectivity index (χ4n) is 3.75. The molecule has 210 valence electrons. The lowest BCUT2D eigenvalue weighted by molar-refractivity contribution is -0.151. The minimum Gasteiger partial charge on any atom is -0.489 e. The van der Waals surface area contributed by atoms with Crippen LogP contribution in [-0.2, 0) is 14.3 Å². The highest BCUT2D eigenvalue weighted by Crippen LogP contribution is 2.54. The van der Waals surface area contributed by atoms with Crippen molar-refractivity contribution in [3.63, 3.8) is 0 Å². The fraction of sp³-hybridized carbons (Fsp3) is 0.400. The van der Waals surface area contributed by atoms with E-state index in [1.807, 2.05) is 45.0 Å². The maximum atomic E-state index is 12.8. The lowest BCUT2D eigenvalue weighted by Crippen LogP contribution is -2.19. The van der Waals surface area contributed by atoms with Gasteiger partial charge in [-0.1, -0.05) is 52.1 Å². The average Bonchev–Trinajstić information content (AvgIpc) is 3.24. The molecule has 0 amide bonds. The van der Waals surface area contributed by atoms with E-state index in [1.165, 1.54) is 4.73 Å². The second-order valence-electron chi connectivity index (χ2n) is 9.03. The zero-order chi connectivity index (χ0) is 28.5. The van der Waals surface area contributed by atoms with E-state index in [4.69, 9.17) is 28.5 Å². The van der Waals surface area contributed by atoms with Crippen LogP contribution in [0.2, 0.25) is 0 Å². The highest BCUT2D eigenvalue weighted by molar-refractivity contribution is 6.15. The number of hydrogen-bond donors (Lipinski definition) is 0. The van der Waals surface area contributed by atoms with E-state index in [-0.39, 0.29) is 28.4 Å². The molecule has 2 aromatic carbocycles. The first kappa shape index (κ1) is 29.4. The Morgan fingerprint density at radius 2 is 1.33 bits per heavy atom. The molecule has 1 heterocycles. The summed E-state index contributed by atoms with van der Waals surface area (Å²) in [5.74, 6) is -0.274. The van der Waals surface area contributed by atoms with Crippen LogP contribution in [0.5, 0.6) is 23.0 Å². The van der Waals surface area contributed by atoms with Gasteiger partial charge >= 0.3 is 11.9 Å². The van der Waals surface area contributed by atoms with E-state index in [1.54, 1.807) is 13.8 Å². The van der Waals surface area contributed by atoms with Gasteiger partial charge in [-0.05, 0) is 39.2 Å². The molecule has 0 aliphatic carbocycles. The smallest absolute Gasteiger partial charge is 0.338 e. The van der Waals surface area contributed by atoms with Crippen molar-refractivity contribution in [1.29, 1.82) is 0 Å². The molecule has 0 aliphatic heterocycles. The number of para-hydroxylation sites is 1. The van der Waals surface area contributed by atoms with Crippen LogP contribution in [-0.4, -0.2) is 43.3 Å². The summed E-state index contributed by atoms with van der Waals surface area (Å²) in [5, 5.41) is 1.43. The Morgan fingerprint density at radius 1 is 0.769 bits per heavy atom. The maximum Gasteiger partial charge on any atom is 0.338 e. The van der Waals surface area contributed by atoms with E-state index in [9.17, 15) is 9.59 Å². The van der Waals surface area contributed by atoms with Gasteiger partial charge in [-0.2, -0.15) is 4.73 Å². The molecule has 39 heavy (non-hydrogen) atoms. The summed E-state index contributed by atoms with van der Waals surface area (Å²) in [5.41, 5.74) is 1.55. The van der Waals surface area contributed by atoms with Crippen molar-refractivity contribution in [2.24, 2.45) is 0 Å². The second-order valence-corrected chi connectivity index (χ2v) is 9.03. The minimum absolute atomic E-state index is 0.0649. The lowest BCUT2D eigenvalue weighted by atomic mass is 10.1. The van der Waals surface area contributed by atoms with E-state index in [0.29, 0.717) is 54.8 Å². The van der Waals surface area contributed by atoms with Crippen molar-refractivity contribution in [2.45, 2.75) is 53.9 Å². The lowest BCUT2D eigenvalue weighted by Gasteiger charge is -2.21. The number of carbonyl (C=O) groups is 2. The van der Waals surface area contributed by atoms with Crippen molar-refractivity contribution in [1.82, 2.24) is 4.73 Å². The Morgan fingerprint density at radius 3 is 1.92 bits per heavy atom. The largest absolute Gasteiger partial charge is 0.489 e. The van der Waals surface area contributed by atoms with Gasteiger partial charge in [0.05, 0.1) is 30.7 Å². The minimum atomic E-state index is -0.641. The molecular formula is C30H37NO8. The normalized spacial score (nSPS) is 10.8. The summed E-state index contributed by atoms with van der Waals surface area (Å²) in [4.78, 5) is 30.8. The summed E-state index contributed by atoms with van der Waals surface area (Å²) in [6, 6.07) is 7.53. The van der Waals surface area contributed by atoms with Crippen LogP contribution in [0.15, 0.2) is 48.6 Å². The van der Waals surface area contributed by atoms with Gasteiger partial charge in [0.2, 0.25) is 11.5 Å². The summed E-state index contributed by atoms with van der Waals surface area (Å²) in [7, 11) is 0. The molecule has 0 atom stereocenters. The van der Waals surface area contributed by atoms with Crippen molar-refractivity contribution in [2.75, 3.05) is 26.6 Å². The molecule has 0 unspecified atom stereocenters. The molecule has 0 N–H and O–H groups in total. The topological polar surface area (TPSA) is 94.5 Å². The van der Waals surface area contributed by atoms with E-state index in [2.05, 4.69) is 13.2 Å². The first-order valence-electron chi connectivity index (χ1n) is 13.1. The molecule has 0 spiro atoms. The molecular weight excluding hydrogens is 502 g/mol. The number of aromatic nitrogens is 1. The van der Waals surface area contributed by atoms with Crippen molar-refractivity contribution in [3.8, 4) is 23.0 Å². The standard InChI is InChI=1S/C30H37NO8/c1-8-15-34-25-23-21-13-11-12-14-22(21)31(38-18-37-29(32)19(4)5)24(23)26(35-16-9-2)28(27(25)36-17-10-3)39-30(33)20(6)7/h11-14H,4,6,8-10,15-18H2,1-3,5,7H3. The number of nitrogens with zero attached hydrogens (tertiary/aromatic N) is 1. The fourth-order valence-corrected chi connectivity index (χ4v) is 3.75. The molecule has 1 aromatic heterocycles. The maximum absolute atomic E-state index is 12.8. The third kappa shape index (κ3) is 6.47. The molecule has 9 nitrogen and oxygen atoms in total. The molecule has 3 aromatic rings. The number of benzene rings is 2. The van der Waals surface area contributed by atoms with Crippen LogP contribution >= 0.6 is 0 Å². The number of hydrogen-bond acceptors (Lipinski definition) is 8. The Labute approximate surface area is 228 Å². The van der Waals surface area contributed by atoms with Gasteiger partial charge in [0.15, 0.2) is 11.5 Å².